The first-order valence-corrected chi connectivity index (χ1v) is 9.84. The van der Waals surface area contributed by atoms with E-state index in [2.05, 4.69) is 36.2 Å². The zero-order valence-electron chi connectivity index (χ0n) is 15.5. The van der Waals surface area contributed by atoms with E-state index >= 15 is 0 Å². The number of hydrogen-bond donors (Lipinski definition) is 0. The summed E-state index contributed by atoms with van der Waals surface area (Å²) < 4.78 is 15.2. The largest absolute Gasteiger partial charge is 0.497 e. The first kappa shape index (κ1) is 17.7. The van der Waals surface area contributed by atoms with Crippen molar-refractivity contribution in [3.8, 4) is 17.1 Å². The van der Waals surface area contributed by atoms with Gasteiger partial charge in [-0.3, -0.25) is 0 Å². The summed E-state index contributed by atoms with van der Waals surface area (Å²) in [5.41, 5.74) is 0.877. The number of hydrogen-bond acceptors (Lipinski definition) is 9. The van der Waals surface area contributed by atoms with Gasteiger partial charge in [0.15, 0.2) is 0 Å². The Bertz CT molecular complexity index is 895. The third-order valence-corrected chi connectivity index (χ3v) is 5.37. The normalized spacial score (nSPS) is 15.0. The fraction of sp³-hybridized carbons (Fsp3) is 0.444. The molecule has 1 aliphatic heterocycles. The number of aromatic nitrogens is 4. The van der Waals surface area contributed by atoms with Crippen LogP contribution in [0.3, 0.4) is 0 Å². The molecule has 8 nitrogen and oxygen atoms in total. The standard InChI is InChI=1S/C18H22N6O2S/c1-3-15-19-18(27-22-15)24-9-5-8-23(10-11-24)17-20-16(21-26-17)13-6-4-7-14(12-13)25-2/h4,6-7,12H,3,5,8-11H2,1-2H3. The van der Waals surface area contributed by atoms with Crippen molar-refractivity contribution in [3.05, 3.63) is 30.1 Å². The number of rotatable bonds is 5. The van der Waals surface area contributed by atoms with E-state index in [4.69, 9.17) is 9.26 Å². The smallest absolute Gasteiger partial charge is 0.324 e. The first-order chi connectivity index (χ1) is 13.3. The molecule has 1 aromatic carbocycles. The van der Waals surface area contributed by atoms with E-state index in [9.17, 15) is 0 Å². The molecule has 142 valence electrons. The van der Waals surface area contributed by atoms with Crippen molar-refractivity contribution in [2.24, 2.45) is 0 Å². The summed E-state index contributed by atoms with van der Waals surface area (Å²) in [5, 5.41) is 5.14. The maximum Gasteiger partial charge on any atom is 0.324 e. The van der Waals surface area contributed by atoms with Gasteiger partial charge >= 0.3 is 6.01 Å². The molecule has 0 unspecified atom stereocenters. The van der Waals surface area contributed by atoms with Crippen molar-refractivity contribution in [2.45, 2.75) is 19.8 Å². The van der Waals surface area contributed by atoms with E-state index < -0.39 is 0 Å². The molecule has 0 N–H and O–H groups in total. The second kappa shape index (κ2) is 7.91. The highest BCUT2D eigenvalue weighted by molar-refractivity contribution is 7.09. The van der Waals surface area contributed by atoms with Crippen LogP contribution in [0.2, 0.25) is 0 Å². The fourth-order valence-corrected chi connectivity index (χ4v) is 3.84. The van der Waals surface area contributed by atoms with Gasteiger partial charge in [0, 0.05) is 49.7 Å². The molecule has 0 saturated carbocycles. The molecule has 0 atom stereocenters. The quantitative estimate of drug-likeness (QED) is 0.662. The van der Waals surface area contributed by atoms with E-state index in [1.54, 1.807) is 7.11 Å². The summed E-state index contributed by atoms with van der Waals surface area (Å²) in [6.45, 7) is 5.56. The summed E-state index contributed by atoms with van der Waals surface area (Å²) in [7, 11) is 1.64. The SMILES string of the molecule is CCc1nsc(N2CCCN(c3nc(-c4cccc(OC)c4)no3)CC2)n1. The van der Waals surface area contributed by atoms with E-state index in [0.29, 0.717) is 11.8 Å². The van der Waals surface area contributed by atoms with Crippen molar-refractivity contribution in [1.29, 1.82) is 0 Å². The van der Waals surface area contributed by atoms with Crippen molar-refractivity contribution in [1.82, 2.24) is 19.5 Å². The van der Waals surface area contributed by atoms with Crippen LogP contribution >= 0.6 is 11.5 Å². The van der Waals surface area contributed by atoms with E-state index in [0.717, 1.165) is 61.3 Å². The average molecular weight is 386 g/mol. The Hall–Kier alpha value is -2.68. The molecule has 2 aromatic heterocycles. The van der Waals surface area contributed by atoms with Gasteiger partial charge in [0.05, 0.1) is 7.11 Å². The van der Waals surface area contributed by atoms with Crippen LogP contribution in [0, 0.1) is 0 Å². The minimum Gasteiger partial charge on any atom is -0.497 e. The Morgan fingerprint density at radius 3 is 2.81 bits per heavy atom. The molecule has 9 heteroatoms. The lowest BCUT2D eigenvalue weighted by Gasteiger charge is -2.19. The van der Waals surface area contributed by atoms with Gasteiger partial charge in [-0.1, -0.05) is 24.2 Å². The number of anilines is 2. The van der Waals surface area contributed by atoms with E-state index in [-0.39, 0.29) is 0 Å². The zero-order chi connectivity index (χ0) is 18.6. The lowest BCUT2D eigenvalue weighted by molar-refractivity contribution is 0.413. The molecule has 1 saturated heterocycles. The maximum absolute atomic E-state index is 5.53. The Morgan fingerprint density at radius 1 is 1.15 bits per heavy atom. The molecule has 0 bridgehead atoms. The second-order valence-corrected chi connectivity index (χ2v) is 7.04. The number of ether oxygens (including phenoxy) is 1. The van der Waals surface area contributed by atoms with Gasteiger partial charge in [-0.2, -0.15) is 9.36 Å². The van der Waals surface area contributed by atoms with Gasteiger partial charge in [-0.25, -0.2) is 4.98 Å². The topological polar surface area (TPSA) is 80.4 Å². The highest BCUT2D eigenvalue weighted by atomic mass is 32.1. The Labute approximate surface area is 161 Å². The Balaban J connectivity index is 1.46. The monoisotopic (exact) mass is 386 g/mol. The van der Waals surface area contributed by atoms with Crippen LogP contribution in [0.15, 0.2) is 28.8 Å². The first-order valence-electron chi connectivity index (χ1n) is 9.07. The summed E-state index contributed by atoms with van der Waals surface area (Å²) in [5.74, 6) is 2.26. The minimum atomic E-state index is 0.557. The molecule has 1 fully saturated rings. The van der Waals surface area contributed by atoms with Crippen molar-refractivity contribution in [2.75, 3.05) is 43.1 Å². The molecular weight excluding hydrogens is 364 g/mol. The van der Waals surface area contributed by atoms with Gasteiger partial charge in [0.1, 0.15) is 11.6 Å². The van der Waals surface area contributed by atoms with Crippen LogP contribution in [-0.2, 0) is 6.42 Å². The molecule has 0 aliphatic carbocycles. The van der Waals surface area contributed by atoms with Crippen LogP contribution in [0.4, 0.5) is 11.1 Å². The average Bonchev–Trinajstić information content (AvgIpc) is 3.33. The molecule has 27 heavy (non-hydrogen) atoms. The van der Waals surface area contributed by atoms with Gasteiger partial charge in [-0.15, -0.1) is 0 Å². The number of nitrogens with zero attached hydrogens (tertiary/aromatic N) is 6. The third-order valence-electron chi connectivity index (χ3n) is 4.55. The van der Waals surface area contributed by atoms with E-state index in [1.165, 1.54) is 11.5 Å². The molecule has 3 heterocycles. The van der Waals surface area contributed by atoms with E-state index in [1.807, 2.05) is 24.3 Å². The molecule has 4 rings (SSSR count). The van der Waals surface area contributed by atoms with Gasteiger partial charge in [0.25, 0.3) is 0 Å². The molecule has 3 aromatic rings. The minimum absolute atomic E-state index is 0.557. The summed E-state index contributed by atoms with van der Waals surface area (Å²) >= 11 is 1.47. The Morgan fingerprint density at radius 2 is 2.00 bits per heavy atom. The molecule has 1 aliphatic rings. The van der Waals surface area contributed by atoms with Gasteiger partial charge in [0.2, 0.25) is 11.0 Å². The number of aryl methyl sites for hydroxylation is 1. The van der Waals surface area contributed by atoms with Gasteiger partial charge in [-0.05, 0) is 18.6 Å². The van der Waals surface area contributed by atoms with Crippen molar-refractivity contribution in [3.63, 3.8) is 0 Å². The molecule has 0 radical (unpaired) electrons. The highest BCUT2D eigenvalue weighted by Gasteiger charge is 2.22. The second-order valence-electron chi connectivity index (χ2n) is 6.31. The van der Waals surface area contributed by atoms with Crippen molar-refractivity contribution >= 4 is 22.7 Å². The van der Waals surface area contributed by atoms with Crippen LogP contribution in [0.25, 0.3) is 11.4 Å². The van der Waals surface area contributed by atoms with Crippen molar-refractivity contribution < 1.29 is 9.26 Å². The van der Waals surface area contributed by atoms with Gasteiger partial charge < -0.3 is 19.1 Å². The fourth-order valence-electron chi connectivity index (χ4n) is 3.04. The number of methoxy groups -OCH3 is 1. The lowest BCUT2D eigenvalue weighted by atomic mass is 10.2. The molecular formula is C18H22N6O2S. The maximum atomic E-state index is 5.53. The zero-order valence-corrected chi connectivity index (χ0v) is 16.3. The summed E-state index contributed by atoms with van der Waals surface area (Å²) in [6.07, 6.45) is 1.86. The predicted molar refractivity (Wildman–Crippen MR) is 105 cm³/mol. The van der Waals surface area contributed by atoms with Crippen LogP contribution in [-0.4, -0.2) is 52.8 Å². The lowest BCUT2D eigenvalue weighted by Crippen LogP contribution is -2.30. The predicted octanol–water partition coefficient (Wildman–Crippen LogP) is 2.88. The third kappa shape index (κ3) is 3.87. The van der Waals surface area contributed by atoms with Crippen LogP contribution < -0.4 is 14.5 Å². The summed E-state index contributed by atoms with van der Waals surface area (Å²) in [6, 6.07) is 8.22. The molecule has 0 spiro atoms. The molecule has 0 amide bonds. The Kier molecular flexibility index (Phi) is 5.19. The van der Waals surface area contributed by atoms with Crippen LogP contribution in [0.5, 0.6) is 5.75 Å². The van der Waals surface area contributed by atoms with Crippen LogP contribution in [0.1, 0.15) is 19.2 Å². The highest BCUT2D eigenvalue weighted by Crippen LogP contribution is 2.25. The summed E-state index contributed by atoms with van der Waals surface area (Å²) in [4.78, 5) is 13.6. The number of benzene rings is 1.